The summed E-state index contributed by atoms with van der Waals surface area (Å²) in [5.41, 5.74) is -0.639. The van der Waals surface area contributed by atoms with Crippen LogP contribution in [0.2, 0.25) is 0 Å². The number of halogens is 2. The lowest BCUT2D eigenvalue weighted by atomic mass is 9.78. The molecule has 0 aromatic rings. The van der Waals surface area contributed by atoms with Gasteiger partial charge in [0.2, 0.25) is 0 Å². The smallest absolute Gasteiger partial charge is 0.405 e. The Bertz CT molecular complexity index is 1160. The van der Waals surface area contributed by atoms with Crippen LogP contribution in [0.5, 0.6) is 0 Å². The van der Waals surface area contributed by atoms with E-state index in [-0.39, 0.29) is 5.92 Å². The molecule has 2 aliphatic carbocycles. The molecule has 0 spiro atoms. The second-order valence-electron chi connectivity index (χ2n) is 11.0. The topological polar surface area (TPSA) is 169 Å². The van der Waals surface area contributed by atoms with E-state index < -0.39 is 100 Å². The maximum atomic E-state index is 13.6. The predicted molar refractivity (Wildman–Crippen MR) is 117 cm³/mol. The summed E-state index contributed by atoms with van der Waals surface area (Å²) >= 11 is 0. The third-order valence-electron chi connectivity index (χ3n) is 8.54. The van der Waals surface area contributed by atoms with Crippen LogP contribution in [-0.4, -0.2) is 78.2 Å². The van der Waals surface area contributed by atoms with Gasteiger partial charge >= 0.3 is 39.2 Å². The number of rotatable bonds is 9. The average Bonchev–Trinajstić information content (AvgIpc) is 3.59. The van der Waals surface area contributed by atoms with Crippen molar-refractivity contribution in [1.29, 1.82) is 0 Å². The Balaban J connectivity index is 1.18. The van der Waals surface area contributed by atoms with E-state index in [0.29, 0.717) is 12.8 Å². The van der Waals surface area contributed by atoms with E-state index in [9.17, 15) is 36.4 Å². The Morgan fingerprint density at radius 2 is 1.84 bits per heavy atom. The van der Waals surface area contributed by atoms with E-state index in [4.69, 9.17) is 23.5 Å². The minimum atomic E-state index is -5.83. The van der Waals surface area contributed by atoms with Crippen molar-refractivity contribution in [3.05, 3.63) is 0 Å². The third-order valence-corrected chi connectivity index (χ3v) is 9.56. The SMILES string of the molecule is CC(OC(=O)CCC(=O)OC1C2OC(=O)C3C2OC1C3C(=O)OC1(C)CC2CCC1C2)C(F)(F)S(=O)(=O)O. The monoisotopic (exact) mass is 566 g/mol. The zero-order valence-corrected chi connectivity index (χ0v) is 21.4. The van der Waals surface area contributed by atoms with Crippen molar-refractivity contribution < 1.29 is 64.6 Å². The maximum Gasteiger partial charge on any atom is 0.405 e. The van der Waals surface area contributed by atoms with Gasteiger partial charge in [-0.2, -0.15) is 17.2 Å². The second kappa shape index (κ2) is 9.08. The fraction of sp³-hybridized carbons (Fsp3) is 0.826. The van der Waals surface area contributed by atoms with Crippen molar-refractivity contribution in [2.75, 3.05) is 0 Å². The molecule has 10 unspecified atom stereocenters. The van der Waals surface area contributed by atoms with E-state index in [1.807, 2.05) is 6.92 Å². The molecule has 15 heteroatoms. The Kier molecular flexibility index (Phi) is 6.50. The van der Waals surface area contributed by atoms with Crippen molar-refractivity contribution in [3.8, 4) is 0 Å². The average molecular weight is 567 g/mol. The highest BCUT2D eigenvalue weighted by Crippen LogP contribution is 2.55. The van der Waals surface area contributed by atoms with Crippen LogP contribution < -0.4 is 0 Å². The number of ether oxygens (including phenoxy) is 5. The van der Waals surface area contributed by atoms with Gasteiger partial charge in [0.15, 0.2) is 18.3 Å². The molecule has 12 nitrogen and oxygen atoms in total. The van der Waals surface area contributed by atoms with Gasteiger partial charge in [0.05, 0.1) is 12.8 Å². The van der Waals surface area contributed by atoms with E-state index >= 15 is 0 Å². The summed E-state index contributed by atoms with van der Waals surface area (Å²) in [4.78, 5) is 50.1. The predicted octanol–water partition coefficient (Wildman–Crippen LogP) is 1.15. The molecule has 0 aromatic carbocycles. The van der Waals surface area contributed by atoms with Crippen molar-refractivity contribution in [2.24, 2.45) is 23.7 Å². The zero-order chi connectivity index (χ0) is 27.8. The van der Waals surface area contributed by atoms with Crippen LogP contribution in [0.3, 0.4) is 0 Å². The molecule has 0 aromatic heterocycles. The van der Waals surface area contributed by atoms with Gasteiger partial charge in [0.25, 0.3) is 0 Å². The van der Waals surface area contributed by atoms with Crippen molar-refractivity contribution in [3.63, 3.8) is 0 Å². The standard InChI is InChI=1S/C23H28F2O12S/c1-9(23(24,25)38(30,31)32)33-12(26)5-6-13(27)34-18-17-15(14-16(35-17)19(18)36-20(14)28)21(29)37-22(2)8-10-3-4-11(22)7-10/h9-11,14-19H,3-8H2,1-2H3,(H,30,31,32). The van der Waals surface area contributed by atoms with Crippen LogP contribution >= 0.6 is 0 Å². The van der Waals surface area contributed by atoms with Gasteiger partial charge in [0, 0.05) is 0 Å². The highest BCUT2D eigenvalue weighted by atomic mass is 32.2. The van der Waals surface area contributed by atoms with E-state index in [2.05, 4.69) is 4.74 Å². The molecule has 3 aliphatic heterocycles. The lowest BCUT2D eigenvalue weighted by Gasteiger charge is -2.36. The second-order valence-corrected chi connectivity index (χ2v) is 12.5. The zero-order valence-electron chi connectivity index (χ0n) is 20.5. The fourth-order valence-electron chi connectivity index (χ4n) is 6.67. The molecule has 5 rings (SSSR count). The first-order valence-electron chi connectivity index (χ1n) is 12.4. The largest absolute Gasteiger partial charge is 0.459 e. The lowest BCUT2D eigenvalue weighted by molar-refractivity contribution is -0.176. The number of esters is 4. The van der Waals surface area contributed by atoms with Crippen LogP contribution in [-0.2, 0) is 53.0 Å². The highest BCUT2D eigenvalue weighted by Gasteiger charge is 2.72. The molecule has 4 bridgehead atoms. The Labute approximate surface area is 216 Å². The Hall–Kier alpha value is -2.39. The van der Waals surface area contributed by atoms with Gasteiger partial charge in [-0.1, -0.05) is 0 Å². The van der Waals surface area contributed by atoms with Gasteiger partial charge in [0.1, 0.15) is 29.6 Å². The van der Waals surface area contributed by atoms with E-state index in [1.54, 1.807) is 0 Å². The summed E-state index contributed by atoms with van der Waals surface area (Å²) in [7, 11) is -5.83. The van der Waals surface area contributed by atoms with Gasteiger partial charge in [-0.15, -0.1) is 0 Å². The highest BCUT2D eigenvalue weighted by molar-refractivity contribution is 7.86. The first-order chi connectivity index (χ1) is 17.6. The van der Waals surface area contributed by atoms with Crippen molar-refractivity contribution in [1.82, 2.24) is 0 Å². The molecule has 3 heterocycles. The molecule has 0 radical (unpaired) electrons. The van der Waals surface area contributed by atoms with Crippen LogP contribution in [0.25, 0.3) is 0 Å². The third kappa shape index (κ3) is 4.35. The number of carbonyl (C=O) groups is 4. The number of hydrogen-bond acceptors (Lipinski definition) is 11. The Morgan fingerprint density at radius 1 is 1.16 bits per heavy atom. The minimum absolute atomic E-state index is 0.243. The van der Waals surface area contributed by atoms with Gasteiger partial charge in [-0.3, -0.25) is 23.7 Å². The number of fused-ring (bicyclic) bond motifs is 3. The number of hydrogen-bond donors (Lipinski definition) is 1. The molecule has 2 saturated carbocycles. The molecule has 1 N–H and O–H groups in total. The van der Waals surface area contributed by atoms with E-state index in [0.717, 1.165) is 25.7 Å². The molecular formula is C23H28F2O12S. The molecule has 3 saturated heterocycles. The van der Waals surface area contributed by atoms with Crippen LogP contribution in [0.15, 0.2) is 0 Å². The summed E-state index contributed by atoms with van der Waals surface area (Å²) in [6.45, 7) is 2.46. The summed E-state index contributed by atoms with van der Waals surface area (Å²) in [6, 6.07) is 0. The summed E-state index contributed by atoms with van der Waals surface area (Å²) < 4.78 is 84.0. The summed E-state index contributed by atoms with van der Waals surface area (Å²) in [6.07, 6.45) is -4.00. The first kappa shape index (κ1) is 27.2. The molecular weight excluding hydrogens is 538 g/mol. The fourth-order valence-corrected chi connectivity index (χ4v) is 7.13. The first-order valence-corrected chi connectivity index (χ1v) is 13.9. The van der Waals surface area contributed by atoms with Gasteiger partial charge in [-0.25, -0.2) is 0 Å². The molecule has 0 amide bonds. The quantitative estimate of drug-likeness (QED) is 0.240. The summed E-state index contributed by atoms with van der Waals surface area (Å²) in [5.74, 6) is -4.76. The molecule has 5 fully saturated rings. The van der Waals surface area contributed by atoms with Crippen LogP contribution in [0.1, 0.15) is 52.4 Å². The molecule has 212 valence electrons. The lowest BCUT2D eigenvalue weighted by Crippen LogP contribution is -2.50. The summed E-state index contributed by atoms with van der Waals surface area (Å²) in [5, 5.41) is -4.74. The van der Waals surface area contributed by atoms with Crippen LogP contribution in [0.4, 0.5) is 8.78 Å². The van der Waals surface area contributed by atoms with Gasteiger partial charge < -0.3 is 23.7 Å². The van der Waals surface area contributed by atoms with Crippen LogP contribution in [0, 0.1) is 23.7 Å². The molecule has 5 aliphatic rings. The van der Waals surface area contributed by atoms with Gasteiger partial charge in [-0.05, 0) is 51.4 Å². The normalized spacial score (nSPS) is 39.7. The Morgan fingerprint density at radius 3 is 2.45 bits per heavy atom. The molecule has 10 atom stereocenters. The number of carbonyl (C=O) groups excluding carboxylic acids is 4. The number of alkyl halides is 2. The maximum absolute atomic E-state index is 13.6. The molecule has 38 heavy (non-hydrogen) atoms. The van der Waals surface area contributed by atoms with E-state index in [1.165, 1.54) is 0 Å². The van der Waals surface area contributed by atoms with Crippen molar-refractivity contribution in [2.45, 2.75) is 93.7 Å². The van der Waals surface area contributed by atoms with Crippen molar-refractivity contribution >= 4 is 34.0 Å². The minimum Gasteiger partial charge on any atom is -0.459 e.